The highest BCUT2D eigenvalue weighted by atomic mass is 79.9. The third kappa shape index (κ3) is 3.74. The van der Waals surface area contributed by atoms with Crippen LogP contribution in [0.3, 0.4) is 0 Å². The largest absolute Gasteiger partial charge is 0.462 e. The monoisotopic (exact) mass is 435 g/mol. The van der Waals surface area contributed by atoms with E-state index in [1.807, 2.05) is 12.1 Å². The fraction of sp³-hybridized carbons (Fsp3) is 0.474. The van der Waals surface area contributed by atoms with Crippen molar-refractivity contribution < 1.29 is 19.0 Å². The first kappa shape index (κ1) is 18.5. The van der Waals surface area contributed by atoms with Crippen LogP contribution in [0, 0.1) is 0 Å². The summed E-state index contributed by atoms with van der Waals surface area (Å²) in [5, 5.41) is 4.36. The summed E-state index contributed by atoms with van der Waals surface area (Å²) in [5.74, 6) is -0.743. The molecule has 144 valence electrons. The average molecular weight is 436 g/mol. The van der Waals surface area contributed by atoms with Crippen LogP contribution in [0.1, 0.15) is 30.1 Å². The molecule has 2 aromatic rings. The Hall–Kier alpha value is -1.90. The molecule has 1 aromatic carbocycles. The van der Waals surface area contributed by atoms with Gasteiger partial charge in [-0.05, 0) is 47.1 Å². The Balaban J connectivity index is 1.45. The molecular weight excluding hydrogens is 414 g/mol. The SMILES string of the molecule is CCOC(=O)c1cn(-c2ccc(N3CCC4(CC3)OCCO4)cc2)nc1Br. The highest BCUT2D eigenvalue weighted by molar-refractivity contribution is 9.10. The third-order valence-electron chi connectivity index (χ3n) is 4.98. The summed E-state index contributed by atoms with van der Waals surface area (Å²) < 4.78 is 18.8. The number of nitrogens with zero attached hydrogens (tertiary/aromatic N) is 3. The van der Waals surface area contributed by atoms with E-state index in [4.69, 9.17) is 14.2 Å². The molecule has 4 rings (SSSR count). The van der Waals surface area contributed by atoms with Gasteiger partial charge in [-0.3, -0.25) is 0 Å². The summed E-state index contributed by atoms with van der Waals surface area (Å²) in [6, 6.07) is 8.14. The lowest BCUT2D eigenvalue weighted by atomic mass is 10.0. The molecule has 2 aliphatic heterocycles. The van der Waals surface area contributed by atoms with Crippen molar-refractivity contribution in [3.05, 3.63) is 40.6 Å². The molecule has 0 bridgehead atoms. The Morgan fingerprint density at radius 3 is 2.44 bits per heavy atom. The molecule has 2 aliphatic rings. The number of esters is 1. The highest BCUT2D eigenvalue weighted by Gasteiger charge is 2.39. The maximum atomic E-state index is 11.9. The number of carbonyl (C=O) groups is 1. The number of hydrogen-bond acceptors (Lipinski definition) is 6. The van der Waals surface area contributed by atoms with Crippen molar-refractivity contribution in [2.45, 2.75) is 25.6 Å². The number of halogens is 1. The quantitative estimate of drug-likeness (QED) is 0.687. The third-order valence-corrected chi connectivity index (χ3v) is 5.57. The predicted molar refractivity (Wildman–Crippen MR) is 103 cm³/mol. The van der Waals surface area contributed by atoms with Gasteiger partial charge in [0.1, 0.15) is 10.2 Å². The number of anilines is 1. The number of ether oxygens (including phenoxy) is 3. The van der Waals surface area contributed by atoms with Crippen LogP contribution in [0.5, 0.6) is 0 Å². The molecule has 0 radical (unpaired) electrons. The average Bonchev–Trinajstić information content (AvgIpc) is 3.30. The predicted octanol–water partition coefficient (Wildman–Crippen LogP) is 3.15. The second-order valence-corrected chi connectivity index (χ2v) is 7.36. The zero-order valence-corrected chi connectivity index (χ0v) is 16.8. The smallest absolute Gasteiger partial charge is 0.342 e. The van der Waals surface area contributed by atoms with E-state index in [1.54, 1.807) is 17.8 Å². The molecule has 0 unspecified atom stereocenters. The lowest BCUT2D eigenvalue weighted by Crippen LogP contribution is -2.45. The van der Waals surface area contributed by atoms with Gasteiger partial charge in [-0.25, -0.2) is 9.48 Å². The molecule has 7 nitrogen and oxygen atoms in total. The Labute approximate surface area is 166 Å². The maximum Gasteiger partial charge on any atom is 0.342 e. The Bertz CT molecular complexity index is 805. The number of hydrogen-bond donors (Lipinski definition) is 0. The van der Waals surface area contributed by atoms with Crippen molar-refractivity contribution >= 4 is 27.6 Å². The summed E-state index contributed by atoms with van der Waals surface area (Å²) in [6.45, 7) is 5.31. The molecule has 0 amide bonds. The van der Waals surface area contributed by atoms with E-state index in [9.17, 15) is 4.79 Å². The summed E-state index contributed by atoms with van der Waals surface area (Å²) in [6.07, 6.45) is 3.43. The van der Waals surface area contributed by atoms with Crippen LogP contribution in [0.4, 0.5) is 5.69 Å². The van der Waals surface area contributed by atoms with Gasteiger partial charge in [0.15, 0.2) is 5.79 Å². The van der Waals surface area contributed by atoms with Crippen molar-refractivity contribution in [2.75, 3.05) is 37.8 Å². The molecule has 3 heterocycles. The minimum absolute atomic E-state index is 0.332. The van der Waals surface area contributed by atoms with Crippen LogP contribution in [0.15, 0.2) is 35.1 Å². The van der Waals surface area contributed by atoms with Crippen LogP contribution >= 0.6 is 15.9 Å². The topological polar surface area (TPSA) is 65.8 Å². The van der Waals surface area contributed by atoms with Crippen molar-refractivity contribution in [1.82, 2.24) is 9.78 Å². The summed E-state index contributed by atoms with van der Waals surface area (Å²) >= 11 is 3.33. The summed E-state index contributed by atoms with van der Waals surface area (Å²) in [5.41, 5.74) is 2.45. The van der Waals surface area contributed by atoms with Crippen LogP contribution in [-0.4, -0.2) is 54.4 Å². The van der Waals surface area contributed by atoms with Gasteiger partial charge in [0.2, 0.25) is 0 Å². The number of carbonyl (C=O) groups excluding carboxylic acids is 1. The van der Waals surface area contributed by atoms with E-state index in [2.05, 4.69) is 38.1 Å². The molecular formula is C19H22BrN3O4. The standard InChI is InChI=1S/C19H22BrN3O4/c1-2-25-18(24)16-13-23(21-17(16)20)15-5-3-14(4-6-15)22-9-7-19(8-10-22)26-11-12-27-19/h3-6,13H,2,7-12H2,1H3. The number of rotatable bonds is 4. The Morgan fingerprint density at radius 2 is 1.81 bits per heavy atom. The van der Waals surface area contributed by atoms with Crippen LogP contribution in [0.25, 0.3) is 5.69 Å². The summed E-state index contributed by atoms with van der Waals surface area (Å²) in [7, 11) is 0. The first-order valence-electron chi connectivity index (χ1n) is 9.16. The van der Waals surface area contributed by atoms with E-state index in [0.717, 1.165) is 37.3 Å². The lowest BCUT2D eigenvalue weighted by molar-refractivity contribution is -0.169. The van der Waals surface area contributed by atoms with Crippen molar-refractivity contribution in [3.8, 4) is 5.69 Å². The molecule has 0 atom stereocenters. The van der Waals surface area contributed by atoms with E-state index < -0.39 is 0 Å². The van der Waals surface area contributed by atoms with E-state index in [1.165, 1.54) is 0 Å². The van der Waals surface area contributed by atoms with E-state index in [-0.39, 0.29) is 11.8 Å². The van der Waals surface area contributed by atoms with Crippen molar-refractivity contribution in [2.24, 2.45) is 0 Å². The van der Waals surface area contributed by atoms with Gasteiger partial charge in [0.05, 0.1) is 25.5 Å². The molecule has 1 aromatic heterocycles. The fourth-order valence-corrected chi connectivity index (χ4v) is 3.97. The van der Waals surface area contributed by atoms with Crippen LogP contribution in [0.2, 0.25) is 0 Å². The molecule has 27 heavy (non-hydrogen) atoms. The van der Waals surface area contributed by atoms with Gasteiger partial charge in [-0.15, -0.1) is 0 Å². The van der Waals surface area contributed by atoms with Crippen molar-refractivity contribution in [1.29, 1.82) is 0 Å². The molecule has 0 N–H and O–H groups in total. The van der Waals surface area contributed by atoms with Gasteiger partial charge in [-0.1, -0.05) is 0 Å². The molecule has 1 spiro atoms. The minimum atomic E-state index is -0.383. The summed E-state index contributed by atoms with van der Waals surface area (Å²) in [4.78, 5) is 14.3. The molecule has 8 heteroatoms. The zero-order valence-electron chi connectivity index (χ0n) is 15.2. The van der Waals surface area contributed by atoms with E-state index >= 15 is 0 Å². The number of aromatic nitrogens is 2. The molecule has 0 aliphatic carbocycles. The second kappa shape index (κ2) is 7.61. The minimum Gasteiger partial charge on any atom is -0.462 e. The molecule has 2 fully saturated rings. The lowest BCUT2D eigenvalue weighted by Gasteiger charge is -2.38. The van der Waals surface area contributed by atoms with Crippen molar-refractivity contribution in [3.63, 3.8) is 0 Å². The zero-order chi connectivity index (χ0) is 18.9. The maximum absolute atomic E-state index is 11.9. The molecule has 0 saturated carbocycles. The van der Waals surface area contributed by atoms with Gasteiger partial charge in [0.25, 0.3) is 0 Å². The fourth-order valence-electron chi connectivity index (χ4n) is 3.54. The Kier molecular flexibility index (Phi) is 5.21. The van der Waals surface area contributed by atoms with Gasteiger partial charge >= 0.3 is 5.97 Å². The number of piperidine rings is 1. The van der Waals surface area contributed by atoms with Crippen LogP contribution in [-0.2, 0) is 14.2 Å². The van der Waals surface area contributed by atoms with Crippen LogP contribution < -0.4 is 4.90 Å². The first-order chi connectivity index (χ1) is 13.1. The van der Waals surface area contributed by atoms with Gasteiger partial charge < -0.3 is 19.1 Å². The normalized spacial score (nSPS) is 18.8. The van der Waals surface area contributed by atoms with Gasteiger partial charge in [-0.2, -0.15) is 5.10 Å². The van der Waals surface area contributed by atoms with E-state index in [0.29, 0.717) is 30.0 Å². The Morgan fingerprint density at radius 1 is 1.19 bits per heavy atom. The molecule has 2 saturated heterocycles. The van der Waals surface area contributed by atoms with Gasteiger partial charge in [0, 0.05) is 37.8 Å². The number of benzene rings is 1. The first-order valence-corrected chi connectivity index (χ1v) is 9.95. The second-order valence-electron chi connectivity index (χ2n) is 6.61. The highest BCUT2D eigenvalue weighted by Crippen LogP contribution is 2.33.